The highest BCUT2D eigenvalue weighted by Gasteiger charge is 2.15. The van der Waals surface area contributed by atoms with Crippen LogP contribution in [0.4, 0.5) is 0 Å². The number of ether oxygens (including phenoxy) is 2. The maximum absolute atomic E-state index is 11.8. The minimum absolute atomic E-state index is 0.316. The normalized spacial score (nSPS) is 11.7. The Morgan fingerprint density at radius 3 is 2.59 bits per heavy atom. The number of aliphatic carboxylic acids is 1. The largest absolute Gasteiger partial charge is 0.481 e. The molecule has 1 amide bonds. The van der Waals surface area contributed by atoms with Gasteiger partial charge in [-0.05, 0) is 49.4 Å². The third-order valence-electron chi connectivity index (χ3n) is 3.58. The summed E-state index contributed by atoms with van der Waals surface area (Å²) >= 11 is 5.93. The van der Waals surface area contributed by atoms with Gasteiger partial charge < -0.3 is 14.6 Å². The predicted molar refractivity (Wildman–Crippen MR) is 103 cm³/mol. The Bertz CT molecular complexity index is 1030. The topological polar surface area (TPSA) is 120 Å². The average Bonchev–Trinajstić information content (AvgIpc) is 2.69. The van der Waals surface area contributed by atoms with Crippen molar-refractivity contribution < 1.29 is 29.0 Å². The van der Waals surface area contributed by atoms with Gasteiger partial charge >= 0.3 is 5.97 Å². The summed E-state index contributed by atoms with van der Waals surface area (Å²) < 4.78 is 11.2. The second-order valence-electron chi connectivity index (χ2n) is 5.82. The highest BCUT2D eigenvalue weighted by Crippen LogP contribution is 2.24. The van der Waals surface area contributed by atoms with Crippen molar-refractivity contribution >= 4 is 34.5 Å². The molecule has 0 aliphatic rings. The Kier molecular flexibility index (Phi) is 6.43. The van der Waals surface area contributed by atoms with Crippen LogP contribution in [0, 0.1) is 0 Å². The molecule has 0 aliphatic heterocycles. The maximum atomic E-state index is 11.8. The van der Waals surface area contributed by atoms with E-state index in [4.69, 9.17) is 26.2 Å². The number of carboxylic acid groups (broad SMARTS) is 1. The van der Waals surface area contributed by atoms with Gasteiger partial charge in [0, 0.05) is 5.02 Å². The number of carbonyl (C=O) groups excluding carboxylic acids is 1. The number of hydroxylamine groups is 1. The van der Waals surface area contributed by atoms with Crippen molar-refractivity contribution in [3.63, 3.8) is 0 Å². The van der Waals surface area contributed by atoms with Crippen LogP contribution < -0.4 is 15.0 Å². The maximum Gasteiger partial charge on any atom is 0.332 e. The van der Waals surface area contributed by atoms with E-state index in [1.54, 1.807) is 42.5 Å². The number of rotatable bonds is 8. The number of amides is 1. The standard InChI is InChI=1S/C19H16ClN3O6/c1-11(19(26)23-27-10-18(24)25)28-13-3-5-14(6-4-13)29-17-9-21-16-8-12(20)2-7-15(16)22-17/h2-9,11H,10H2,1H3,(H,23,26)(H,24,25). The molecule has 0 radical (unpaired) electrons. The van der Waals surface area contributed by atoms with E-state index < -0.39 is 24.6 Å². The van der Waals surface area contributed by atoms with Gasteiger partial charge in [-0.15, -0.1) is 0 Å². The van der Waals surface area contributed by atoms with Gasteiger partial charge in [-0.2, -0.15) is 0 Å². The first-order valence-electron chi connectivity index (χ1n) is 8.41. The summed E-state index contributed by atoms with van der Waals surface area (Å²) in [5.74, 6) is -0.580. The molecule has 3 aromatic rings. The van der Waals surface area contributed by atoms with Crippen LogP contribution in [-0.4, -0.2) is 39.7 Å². The van der Waals surface area contributed by atoms with Crippen molar-refractivity contribution in [2.45, 2.75) is 13.0 Å². The van der Waals surface area contributed by atoms with Crippen LogP contribution in [0.25, 0.3) is 11.0 Å². The molecule has 2 aromatic carbocycles. The fourth-order valence-corrected chi connectivity index (χ4v) is 2.40. The van der Waals surface area contributed by atoms with Crippen molar-refractivity contribution in [2.24, 2.45) is 0 Å². The molecule has 29 heavy (non-hydrogen) atoms. The van der Waals surface area contributed by atoms with E-state index in [0.717, 1.165) is 0 Å². The number of benzene rings is 2. The molecule has 9 nitrogen and oxygen atoms in total. The Balaban J connectivity index is 1.58. The second-order valence-corrected chi connectivity index (χ2v) is 6.26. The molecule has 1 aromatic heterocycles. The molecule has 0 aliphatic carbocycles. The first kappa shape index (κ1) is 20.3. The van der Waals surface area contributed by atoms with Crippen LogP contribution in [0.1, 0.15) is 6.92 Å². The number of halogens is 1. The van der Waals surface area contributed by atoms with Crippen molar-refractivity contribution in [3.8, 4) is 17.4 Å². The van der Waals surface area contributed by atoms with Crippen molar-refractivity contribution in [3.05, 3.63) is 53.7 Å². The number of nitrogens with one attached hydrogen (secondary N) is 1. The molecular weight excluding hydrogens is 402 g/mol. The summed E-state index contributed by atoms with van der Waals surface area (Å²) in [7, 11) is 0. The lowest BCUT2D eigenvalue weighted by atomic mass is 10.3. The van der Waals surface area contributed by atoms with E-state index in [-0.39, 0.29) is 0 Å². The van der Waals surface area contributed by atoms with Gasteiger partial charge in [0.05, 0.1) is 17.2 Å². The minimum atomic E-state index is -1.20. The number of hydrogen-bond acceptors (Lipinski definition) is 7. The molecule has 0 fully saturated rings. The molecule has 0 bridgehead atoms. The van der Waals surface area contributed by atoms with Crippen molar-refractivity contribution in [1.29, 1.82) is 0 Å². The number of hydrogen-bond donors (Lipinski definition) is 2. The summed E-state index contributed by atoms with van der Waals surface area (Å²) in [5.41, 5.74) is 3.31. The van der Waals surface area contributed by atoms with Crippen LogP contribution in [0.3, 0.4) is 0 Å². The van der Waals surface area contributed by atoms with E-state index in [9.17, 15) is 9.59 Å². The molecule has 0 spiro atoms. The summed E-state index contributed by atoms with van der Waals surface area (Å²) in [6.07, 6.45) is 0.598. The Morgan fingerprint density at radius 2 is 1.86 bits per heavy atom. The number of carboxylic acids is 1. The van der Waals surface area contributed by atoms with E-state index in [2.05, 4.69) is 14.8 Å². The molecular formula is C19H16ClN3O6. The molecule has 0 saturated carbocycles. The van der Waals surface area contributed by atoms with Gasteiger partial charge in [-0.1, -0.05) is 11.6 Å². The van der Waals surface area contributed by atoms with E-state index in [1.807, 2.05) is 5.48 Å². The van der Waals surface area contributed by atoms with Gasteiger partial charge in [0.15, 0.2) is 12.7 Å². The Labute approximate surface area is 170 Å². The molecule has 0 saturated heterocycles. The molecule has 1 atom stereocenters. The lowest BCUT2D eigenvalue weighted by Crippen LogP contribution is -2.37. The molecule has 1 heterocycles. The highest BCUT2D eigenvalue weighted by molar-refractivity contribution is 6.31. The fourth-order valence-electron chi connectivity index (χ4n) is 2.23. The van der Waals surface area contributed by atoms with Gasteiger partial charge in [0.2, 0.25) is 5.88 Å². The number of nitrogens with zero attached hydrogens (tertiary/aromatic N) is 2. The van der Waals surface area contributed by atoms with E-state index in [1.165, 1.54) is 13.1 Å². The molecule has 150 valence electrons. The SMILES string of the molecule is CC(Oc1ccc(Oc2cnc3cc(Cl)ccc3n2)cc1)C(=O)NOCC(=O)O. The van der Waals surface area contributed by atoms with Crippen LogP contribution >= 0.6 is 11.6 Å². The quantitative estimate of drug-likeness (QED) is 0.537. The molecule has 1 unspecified atom stereocenters. The predicted octanol–water partition coefficient (Wildman–Crippen LogP) is 2.98. The Hall–Kier alpha value is -3.43. The lowest BCUT2D eigenvalue weighted by molar-refractivity contribution is -0.151. The Morgan fingerprint density at radius 1 is 1.14 bits per heavy atom. The van der Waals surface area contributed by atoms with E-state index in [0.29, 0.717) is 33.4 Å². The van der Waals surface area contributed by atoms with Gasteiger partial charge in [0.25, 0.3) is 5.91 Å². The first-order chi connectivity index (χ1) is 13.9. The summed E-state index contributed by atoms with van der Waals surface area (Å²) in [5, 5.41) is 9.04. The van der Waals surface area contributed by atoms with E-state index >= 15 is 0 Å². The third kappa shape index (κ3) is 5.77. The van der Waals surface area contributed by atoms with Crippen LogP contribution in [0.2, 0.25) is 5.02 Å². The average molecular weight is 418 g/mol. The highest BCUT2D eigenvalue weighted by atomic mass is 35.5. The zero-order valence-corrected chi connectivity index (χ0v) is 15.9. The lowest BCUT2D eigenvalue weighted by Gasteiger charge is -2.14. The summed E-state index contributed by atoms with van der Waals surface area (Å²) in [4.78, 5) is 35.3. The summed E-state index contributed by atoms with van der Waals surface area (Å²) in [6, 6.07) is 11.7. The third-order valence-corrected chi connectivity index (χ3v) is 3.81. The first-order valence-corrected chi connectivity index (χ1v) is 8.79. The molecule has 10 heteroatoms. The van der Waals surface area contributed by atoms with Gasteiger partial charge in [0.1, 0.15) is 11.5 Å². The second kappa shape index (κ2) is 9.18. The minimum Gasteiger partial charge on any atom is -0.481 e. The van der Waals surface area contributed by atoms with Gasteiger partial charge in [-0.25, -0.2) is 20.2 Å². The monoisotopic (exact) mass is 417 g/mol. The van der Waals surface area contributed by atoms with Crippen molar-refractivity contribution in [1.82, 2.24) is 15.4 Å². The van der Waals surface area contributed by atoms with Crippen LogP contribution in [0.5, 0.6) is 17.4 Å². The van der Waals surface area contributed by atoms with Gasteiger partial charge in [-0.3, -0.25) is 9.63 Å². The number of fused-ring (bicyclic) bond motifs is 1. The zero-order valence-electron chi connectivity index (χ0n) is 15.2. The smallest absolute Gasteiger partial charge is 0.332 e. The zero-order chi connectivity index (χ0) is 20.8. The molecule has 3 rings (SSSR count). The van der Waals surface area contributed by atoms with Crippen molar-refractivity contribution in [2.75, 3.05) is 6.61 Å². The molecule has 2 N–H and O–H groups in total. The number of aromatic nitrogens is 2. The van der Waals surface area contributed by atoms with Crippen LogP contribution in [-0.2, 0) is 14.4 Å². The fraction of sp³-hybridized carbons (Fsp3) is 0.158. The summed E-state index contributed by atoms with van der Waals surface area (Å²) in [6.45, 7) is 0.857. The number of carbonyl (C=O) groups is 2. The van der Waals surface area contributed by atoms with Crippen LogP contribution in [0.15, 0.2) is 48.7 Å².